The van der Waals surface area contributed by atoms with Gasteiger partial charge in [-0.2, -0.15) is 0 Å². The van der Waals surface area contributed by atoms with Crippen molar-refractivity contribution in [2.24, 2.45) is 4.99 Å². The van der Waals surface area contributed by atoms with Gasteiger partial charge in [0.15, 0.2) is 17.5 Å². The number of methoxy groups -OCH3 is 2. The molecule has 0 saturated carbocycles. The van der Waals surface area contributed by atoms with Crippen LogP contribution in [0.25, 0.3) is 5.69 Å². The van der Waals surface area contributed by atoms with Gasteiger partial charge in [-0.3, -0.25) is 4.99 Å². The van der Waals surface area contributed by atoms with E-state index in [1.165, 1.54) is 0 Å². The van der Waals surface area contributed by atoms with Gasteiger partial charge < -0.3 is 24.7 Å². The van der Waals surface area contributed by atoms with E-state index in [1.807, 2.05) is 41.1 Å². The molecule has 1 aromatic heterocycles. The van der Waals surface area contributed by atoms with Crippen LogP contribution in [0.5, 0.6) is 11.5 Å². The predicted molar refractivity (Wildman–Crippen MR) is 126 cm³/mol. The molecule has 8 heteroatoms. The maximum atomic E-state index is 5.36. The molecule has 0 aliphatic heterocycles. The molecule has 0 saturated heterocycles. The Morgan fingerprint density at radius 3 is 2.48 bits per heavy atom. The van der Waals surface area contributed by atoms with E-state index in [0.29, 0.717) is 24.6 Å². The third kappa shape index (κ3) is 5.86. The highest BCUT2D eigenvalue weighted by atomic mass is 127. The van der Waals surface area contributed by atoms with Gasteiger partial charge in [0, 0.05) is 32.5 Å². The molecular formula is C21H26IN5O2. The number of para-hydroxylation sites is 1. The summed E-state index contributed by atoms with van der Waals surface area (Å²) in [5.74, 6) is 2.14. The number of aliphatic imine (C=N–C) groups is 1. The number of benzene rings is 2. The first-order valence-corrected chi connectivity index (χ1v) is 8.96. The van der Waals surface area contributed by atoms with Crippen molar-refractivity contribution in [3.63, 3.8) is 0 Å². The van der Waals surface area contributed by atoms with Crippen molar-refractivity contribution in [3.8, 4) is 17.2 Å². The summed E-state index contributed by atoms with van der Waals surface area (Å²) in [7, 11) is 5.02. The second-order valence-electron chi connectivity index (χ2n) is 6.07. The lowest BCUT2D eigenvalue weighted by Gasteiger charge is -2.15. The van der Waals surface area contributed by atoms with Crippen molar-refractivity contribution in [3.05, 3.63) is 72.3 Å². The highest BCUT2D eigenvalue weighted by Gasteiger charge is 2.07. The van der Waals surface area contributed by atoms with E-state index in [2.05, 4.69) is 32.7 Å². The zero-order valence-electron chi connectivity index (χ0n) is 16.8. The van der Waals surface area contributed by atoms with Crippen molar-refractivity contribution in [2.45, 2.75) is 13.1 Å². The third-order valence-corrected chi connectivity index (χ3v) is 4.35. The molecule has 29 heavy (non-hydrogen) atoms. The fourth-order valence-corrected chi connectivity index (χ4v) is 2.89. The topological polar surface area (TPSA) is 72.7 Å². The van der Waals surface area contributed by atoms with Crippen LogP contribution in [0.4, 0.5) is 0 Å². The summed E-state index contributed by atoms with van der Waals surface area (Å²) in [6.45, 7) is 1.25. The number of ether oxygens (including phenoxy) is 2. The van der Waals surface area contributed by atoms with E-state index in [4.69, 9.17) is 9.47 Å². The summed E-state index contributed by atoms with van der Waals surface area (Å²) in [5, 5.41) is 6.68. The Bertz CT molecular complexity index is 929. The molecule has 0 aliphatic rings. The first-order valence-electron chi connectivity index (χ1n) is 8.96. The quantitative estimate of drug-likeness (QED) is 0.292. The minimum atomic E-state index is 0. The van der Waals surface area contributed by atoms with E-state index in [9.17, 15) is 0 Å². The first kappa shape index (κ1) is 22.5. The van der Waals surface area contributed by atoms with Crippen LogP contribution in [-0.4, -0.2) is 36.8 Å². The second kappa shape index (κ2) is 11.3. The number of guanidine groups is 1. The minimum Gasteiger partial charge on any atom is -0.493 e. The molecular weight excluding hydrogens is 481 g/mol. The van der Waals surface area contributed by atoms with Crippen molar-refractivity contribution in [2.75, 3.05) is 21.3 Å². The lowest BCUT2D eigenvalue weighted by Crippen LogP contribution is -2.36. The number of halogens is 1. The van der Waals surface area contributed by atoms with Crippen molar-refractivity contribution in [1.29, 1.82) is 0 Å². The second-order valence-corrected chi connectivity index (χ2v) is 6.07. The summed E-state index contributed by atoms with van der Waals surface area (Å²) in [6, 6.07) is 14.0. The molecule has 0 bridgehead atoms. The average molecular weight is 507 g/mol. The van der Waals surface area contributed by atoms with E-state index >= 15 is 0 Å². The molecule has 3 rings (SSSR count). The smallest absolute Gasteiger partial charge is 0.191 e. The number of nitrogens with one attached hydrogen (secondary N) is 2. The van der Waals surface area contributed by atoms with Gasteiger partial charge in [0.25, 0.3) is 0 Å². The SMILES string of the molecule is CN=C(NCc1ccc(OC)c(OC)c1)NCc1ccccc1-n1ccnc1.I. The molecule has 7 nitrogen and oxygen atoms in total. The molecule has 2 aromatic carbocycles. The van der Waals surface area contributed by atoms with Gasteiger partial charge in [-0.1, -0.05) is 24.3 Å². The summed E-state index contributed by atoms with van der Waals surface area (Å²) in [6.07, 6.45) is 5.50. The Balaban J connectivity index is 0.00000300. The molecule has 154 valence electrons. The summed E-state index contributed by atoms with van der Waals surface area (Å²) in [4.78, 5) is 8.43. The Labute approximate surface area is 188 Å². The van der Waals surface area contributed by atoms with Gasteiger partial charge in [-0.25, -0.2) is 4.98 Å². The molecule has 0 aliphatic carbocycles. The molecule has 3 aromatic rings. The van der Waals surface area contributed by atoms with Crippen LogP contribution in [0.15, 0.2) is 66.2 Å². The molecule has 0 unspecified atom stereocenters. The maximum absolute atomic E-state index is 5.36. The molecule has 0 radical (unpaired) electrons. The van der Waals surface area contributed by atoms with E-state index in [1.54, 1.807) is 33.8 Å². The number of aromatic nitrogens is 2. The van der Waals surface area contributed by atoms with Crippen LogP contribution in [-0.2, 0) is 13.1 Å². The van der Waals surface area contributed by atoms with E-state index in [0.717, 1.165) is 22.8 Å². The Morgan fingerprint density at radius 2 is 1.79 bits per heavy atom. The average Bonchev–Trinajstić information content (AvgIpc) is 3.28. The highest BCUT2D eigenvalue weighted by molar-refractivity contribution is 14.0. The zero-order valence-corrected chi connectivity index (χ0v) is 19.1. The summed E-state index contributed by atoms with van der Waals surface area (Å²) >= 11 is 0. The normalized spacial score (nSPS) is 10.8. The van der Waals surface area contributed by atoms with Crippen molar-refractivity contribution >= 4 is 29.9 Å². The number of rotatable bonds is 7. The zero-order chi connectivity index (χ0) is 19.8. The van der Waals surface area contributed by atoms with Crippen LogP contribution < -0.4 is 20.1 Å². The van der Waals surface area contributed by atoms with Crippen molar-refractivity contribution in [1.82, 2.24) is 20.2 Å². The largest absolute Gasteiger partial charge is 0.493 e. The van der Waals surface area contributed by atoms with Crippen LogP contribution in [0.1, 0.15) is 11.1 Å². The molecule has 2 N–H and O–H groups in total. The molecule has 0 fully saturated rings. The monoisotopic (exact) mass is 507 g/mol. The Hall–Kier alpha value is -2.75. The highest BCUT2D eigenvalue weighted by Crippen LogP contribution is 2.27. The fourth-order valence-electron chi connectivity index (χ4n) is 2.89. The van der Waals surface area contributed by atoms with Gasteiger partial charge in [0.05, 0.1) is 26.2 Å². The van der Waals surface area contributed by atoms with Crippen LogP contribution in [0.3, 0.4) is 0 Å². The number of imidazole rings is 1. The molecule has 0 amide bonds. The van der Waals surface area contributed by atoms with Gasteiger partial charge in [-0.15, -0.1) is 24.0 Å². The predicted octanol–water partition coefficient (Wildman–Crippen LogP) is 3.37. The Kier molecular flexibility index (Phi) is 8.78. The van der Waals surface area contributed by atoms with E-state index < -0.39 is 0 Å². The van der Waals surface area contributed by atoms with Gasteiger partial charge in [-0.05, 0) is 29.3 Å². The maximum Gasteiger partial charge on any atom is 0.191 e. The standard InChI is InChI=1S/C21H25N5O2.HI/c1-22-21(24-13-16-8-9-19(27-2)20(12-16)28-3)25-14-17-6-4-5-7-18(17)26-11-10-23-15-26;/h4-12,15H,13-14H2,1-3H3,(H2,22,24,25);1H. The minimum absolute atomic E-state index is 0. The molecule has 1 heterocycles. The summed E-state index contributed by atoms with van der Waals surface area (Å²) in [5.41, 5.74) is 3.30. The Morgan fingerprint density at radius 1 is 1.03 bits per heavy atom. The lowest BCUT2D eigenvalue weighted by atomic mass is 10.1. The number of nitrogens with zero attached hydrogens (tertiary/aromatic N) is 3. The van der Waals surface area contributed by atoms with Crippen molar-refractivity contribution < 1.29 is 9.47 Å². The van der Waals surface area contributed by atoms with Gasteiger partial charge in [0.1, 0.15) is 0 Å². The fraction of sp³-hybridized carbons (Fsp3) is 0.238. The number of hydrogen-bond acceptors (Lipinski definition) is 4. The van der Waals surface area contributed by atoms with E-state index in [-0.39, 0.29) is 24.0 Å². The third-order valence-electron chi connectivity index (χ3n) is 4.35. The first-order chi connectivity index (χ1) is 13.7. The summed E-state index contributed by atoms with van der Waals surface area (Å²) < 4.78 is 12.6. The number of hydrogen-bond donors (Lipinski definition) is 2. The van der Waals surface area contributed by atoms with Crippen LogP contribution in [0.2, 0.25) is 0 Å². The lowest BCUT2D eigenvalue weighted by molar-refractivity contribution is 0.354. The molecule has 0 spiro atoms. The van der Waals surface area contributed by atoms with Crippen LogP contribution in [0, 0.1) is 0 Å². The van der Waals surface area contributed by atoms with Gasteiger partial charge in [0.2, 0.25) is 0 Å². The molecule has 0 atom stereocenters. The van der Waals surface area contributed by atoms with Gasteiger partial charge >= 0.3 is 0 Å². The van der Waals surface area contributed by atoms with Crippen LogP contribution >= 0.6 is 24.0 Å².